The van der Waals surface area contributed by atoms with Crippen molar-refractivity contribution in [1.29, 1.82) is 0 Å². The van der Waals surface area contributed by atoms with Crippen LogP contribution in [0.4, 0.5) is 0 Å². The van der Waals surface area contributed by atoms with Gasteiger partial charge in [-0.05, 0) is 18.2 Å². The highest BCUT2D eigenvalue weighted by atomic mass is 16.5. The number of hydrogen-bond donors (Lipinski definition) is 0. The number of amides is 1. The average molecular weight is 401 g/mol. The number of carbonyl (C=O) groups excluding carboxylic acids is 1. The molecule has 0 bridgehead atoms. The zero-order chi connectivity index (χ0) is 20.5. The second-order valence-corrected chi connectivity index (χ2v) is 7.32. The van der Waals surface area contributed by atoms with E-state index in [4.69, 9.17) is 9.15 Å². The first-order valence-corrected chi connectivity index (χ1v) is 9.88. The van der Waals surface area contributed by atoms with Gasteiger partial charge in [-0.15, -0.1) is 5.10 Å². The lowest BCUT2D eigenvalue weighted by Crippen LogP contribution is -2.42. The van der Waals surface area contributed by atoms with E-state index in [9.17, 15) is 9.59 Å². The number of benzene rings is 2. The fourth-order valence-corrected chi connectivity index (χ4v) is 3.79. The highest BCUT2D eigenvalue weighted by Crippen LogP contribution is 2.25. The Hall–Kier alpha value is -3.74. The SMILES string of the molecule is O=C(c1cc(=O)c2ccccc2o1)N1CCC(Oc2nncc3ccccc23)CC1. The van der Waals surface area contributed by atoms with Crippen LogP contribution < -0.4 is 10.2 Å². The smallest absolute Gasteiger partial charge is 0.289 e. The first-order chi connectivity index (χ1) is 14.7. The number of ether oxygens (including phenoxy) is 1. The van der Waals surface area contributed by atoms with Gasteiger partial charge < -0.3 is 14.1 Å². The molecule has 1 aliphatic rings. The molecule has 7 heteroatoms. The van der Waals surface area contributed by atoms with Crippen LogP contribution in [0.25, 0.3) is 21.7 Å². The molecule has 2 aromatic heterocycles. The van der Waals surface area contributed by atoms with E-state index in [1.54, 1.807) is 35.4 Å². The van der Waals surface area contributed by atoms with Crippen molar-refractivity contribution in [1.82, 2.24) is 15.1 Å². The molecule has 30 heavy (non-hydrogen) atoms. The van der Waals surface area contributed by atoms with Gasteiger partial charge in [-0.25, -0.2) is 0 Å². The Labute approximate surface area is 171 Å². The Morgan fingerprint density at radius 1 is 1.03 bits per heavy atom. The van der Waals surface area contributed by atoms with Gasteiger partial charge in [0.2, 0.25) is 5.88 Å². The highest BCUT2D eigenvalue weighted by molar-refractivity contribution is 5.93. The van der Waals surface area contributed by atoms with Gasteiger partial charge >= 0.3 is 0 Å². The molecule has 0 atom stereocenters. The summed E-state index contributed by atoms with van der Waals surface area (Å²) in [6.45, 7) is 1.02. The summed E-state index contributed by atoms with van der Waals surface area (Å²) < 4.78 is 11.8. The highest BCUT2D eigenvalue weighted by Gasteiger charge is 2.27. The zero-order valence-electron chi connectivity index (χ0n) is 16.2. The molecule has 5 rings (SSSR count). The molecule has 0 saturated carbocycles. The molecule has 1 saturated heterocycles. The van der Waals surface area contributed by atoms with Crippen LogP contribution in [-0.2, 0) is 0 Å². The van der Waals surface area contributed by atoms with Crippen LogP contribution in [0.15, 0.2) is 70.0 Å². The van der Waals surface area contributed by atoms with Gasteiger partial charge in [0.05, 0.1) is 11.6 Å². The quantitative estimate of drug-likeness (QED) is 0.523. The average Bonchev–Trinajstić information content (AvgIpc) is 2.79. The predicted octanol–water partition coefficient (Wildman–Crippen LogP) is 3.42. The predicted molar refractivity (Wildman–Crippen MR) is 112 cm³/mol. The van der Waals surface area contributed by atoms with E-state index in [2.05, 4.69) is 10.2 Å². The van der Waals surface area contributed by atoms with E-state index in [0.717, 1.165) is 10.8 Å². The number of para-hydroxylation sites is 1. The molecule has 4 aromatic rings. The molecule has 1 fully saturated rings. The molecule has 0 N–H and O–H groups in total. The summed E-state index contributed by atoms with van der Waals surface area (Å²) in [5.41, 5.74) is 0.203. The van der Waals surface area contributed by atoms with Crippen molar-refractivity contribution in [3.05, 3.63) is 76.8 Å². The van der Waals surface area contributed by atoms with Gasteiger partial charge in [-0.2, -0.15) is 5.10 Å². The van der Waals surface area contributed by atoms with Crippen molar-refractivity contribution in [3.8, 4) is 5.88 Å². The summed E-state index contributed by atoms with van der Waals surface area (Å²) in [6, 6.07) is 16.0. The Bertz CT molecular complexity index is 1290. The van der Waals surface area contributed by atoms with E-state index in [-0.39, 0.29) is 23.2 Å². The summed E-state index contributed by atoms with van der Waals surface area (Å²) >= 11 is 0. The maximum atomic E-state index is 12.9. The van der Waals surface area contributed by atoms with Crippen LogP contribution in [0.5, 0.6) is 5.88 Å². The molecule has 1 amide bonds. The van der Waals surface area contributed by atoms with Crippen molar-refractivity contribution >= 4 is 27.6 Å². The van der Waals surface area contributed by atoms with Crippen LogP contribution in [0, 0.1) is 0 Å². The third kappa shape index (κ3) is 3.39. The van der Waals surface area contributed by atoms with Crippen LogP contribution in [0.3, 0.4) is 0 Å². The normalized spacial score (nSPS) is 14.9. The van der Waals surface area contributed by atoms with Gasteiger partial charge in [0.1, 0.15) is 11.7 Å². The van der Waals surface area contributed by atoms with Gasteiger partial charge in [0.25, 0.3) is 5.91 Å². The number of nitrogens with zero attached hydrogens (tertiary/aromatic N) is 3. The van der Waals surface area contributed by atoms with E-state index < -0.39 is 0 Å². The molecule has 0 unspecified atom stereocenters. The fourth-order valence-electron chi connectivity index (χ4n) is 3.79. The van der Waals surface area contributed by atoms with Crippen molar-refractivity contribution in [2.45, 2.75) is 18.9 Å². The Kier molecular flexibility index (Phi) is 4.63. The lowest BCUT2D eigenvalue weighted by Gasteiger charge is -2.31. The molecular formula is C23H19N3O4. The molecule has 2 aromatic carbocycles. The Morgan fingerprint density at radius 3 is 2.60 bits per heavy atom. The summed E-state index contributed by atoms with van der Waals surface area (Å²) in [4.78, 5) is 26.8. The molecule has 150 valence electrons. The van der Waals surface area contributed by atoms with E-state index in [1.165, 1.54) is 6.07 Å². The largest absolute Gasteiger partial charge is 0.473 e. The number of likely N-dealkylation sites (tertiary alicyclic amines) is 1. The summed E-state index contributed by atoms with van der Waals surface area (Å²) in [7, 11) is 0. The van der Waals surface area contributed by atoms with Crippen LogP contribution in [0.2, 0.25) is 0 Å². The number of rotatable bonds is 3. The molecular weight excluding hydrogens is 382 g/mol. The van der Waals surface area contributed by atoms with E-state index in [0.29, 0.717) is 42.8 Å². The molecule has 0 radical (unpaired) electrons. The maximum absolute atomic E-state index is 12.9. The van der Waals surface area contributed by atoms with E-state index >= 15 is 0 Å². The third-order valence-electron chi connectivity index (χ3n) is 5.39. The minimum Gasteiger partial charge on any atom is -0.473 e. The minimum absolute atomic E-state index is 0.0576. The first-order valence-electron chi connectivity index (χ1n) is 9.88. The maximum Gasteiger partial charge on any atom is 0.289 e. The zero-order valence-corrected chi connectivity index (χ0v) is 16.2. The number of aromatic nitrogens is 2. The van der Waals surface area contributed by atoms with Crippen molar-refractivity contribution in [2.24, 2.45) is 0 Å². The first kappa shape index (κ1) is 18.3. The lowest BCUT2D eigenvalue weighted by atomic mass is 10.1. The second-order valence-electron chi connectivity index (χ2n) is 7.32. The van der Waals surface area contributed by atoms with Crippen molar-refractivity contribution in [3.63, 3.8) is 0 Å². The topological polar surface area (TPSA) is 85.5 Å². The van der Waals surface area contributed by atoms with Gasteiger partial charge in [-0.3, -0.25) is 9.59 Å². The molecule has 7 nitrogen and oxygen atoms in total. The molecule has 0 spiro atoms. The second kappa shape index (κ2) is 7.59. The monoisotopic (exact) mass is 401 g/mol. The third-order valence-corrected chi connectivity index (χ3v) is 5.39. The molecule has 3 heterocycles. The standard InChI is InChI=1S/C23H19N3O4/c27-19-13-21(30-20-8-4-3-7-18(19)20)23(28)26-11-9-16(10-12-26)29-22-17-6-2-1-5-15(17)14-24-25-22/h1-8,13-14,16H,9-12H2. The fraction of sp³-hybridized carbons (Fsp3) is 0.217. The van der Waals surface area contributed by atoms with Crippen LogP contribution >= 0.6 is 0 Å². The summed E-state index contributed by atoms with van der Waals surface area (Å²) in [6.07, 6.45) is 2.97. The van der Waals surface area contributed by atoms with E-state index in [1.807, 2.05) is 24.3 Å². The summed E-state index contributed by atoms with van der Waals surface area (Å²) in [5.74, 6) is 0.303. The number of piperidine rings is 1. The summed E-state index contributed by atoms with van der Waals surface area (Å²) in [5, 5.41) is 10.5. The van der Waals surface area contributed by atoms with Gasteiger partial charge in [-0.1, -0.05) is 30.3 Å². The van der Waals surface area contributed by atoms with Crippen LogP contribution in [0.1, 0.15) is 23.4 Å². The van der Waals surface area contributed by atoms with Gasteiger partial charge in [0.15, 0.2) is 11.2 Å². The Balaban J connectivity index is 1.29. The van der Waals surface area contributed by atoms with Crippen LogP contribution in [-0.4, -0.2) is 40.2 Å². The van der Waals surface area contributed by atoms with Crippen molar-refractivity contribution < 1.29 is 13.9 Å². The molecule has 0 aliphatic carbocycles. The lowest BCUT2D eigenvalue weighted by molar-refractivity contribution is 0.0561. The molecule has 1 aliphatic heterocycles. The van der Waals surface area contributed by atoms with Crippen molar-refractivity contribution in [2.75, 3.05) is 13.1 Å². The number of fused-ring (bicyclic) bond motifs is 2. The number of carbonyl (C=O) groups is 1. The minimum atomic E-state index is -0.277. The Morgan fingerprint density at radius 2 is 1.77 bits per heavy atom. The van der Waals surface area contributed by atoms with Gasteiger partial charge in [0, 0.05) is 42.8 Å². The number of hydrogen-bond acceptors (Lipinski definition) is 6.